The van der Waals surface area contributed by atoms with Crippen molar-refractivity contribution >= 4 is 21.6 Å². The Morgan fingerprint density at radius 2 is 1.71 bits per heavy atom. The van der Waals surface area contributed by atoms with Crippen molar-refractivity contribution in [2.45, 2.75) is 18.6 Å². The topological polar surface area (TPSA) is 53.8 Å². The summed E-state index contributed by atoms with van der Waals surface area (Å²) in [6.07, 6.45) is 0.500. The molecule has 4 nitrogen and oxygen atoms in total. The smallest absolute Gasteiger partial charge is 0.126 e. The summed E-state index contributed by atoms with van der Waals surface area (Å²) in [6, 6.07) is 23.6. The van der Waals surface area contributed by atoms with E-state index in [1.54, 1.807) is 13.2 Å². The van der Waals surface area contributed by atoms with E-state index < -0.39 is 0 Å². The van der Waals surface area contributed by atoms with Crippen LogP contribution in [0.5, 0.6) is 11.5 Å². The summed E-state index contributed by atoms with van der Waals surface area (Å²) >= 11 is 3.49. The Hall–Kier alpha value is -2.63. The lowest BCUT2D eigenvalue weighted by molar-refractivity contribution is 0.412. The van der Waals surface area contributed by atoms with E-state index in [0.717, 1.165) is 32.6 Å². The standard InChI is InChI=1S/C23H21BrN2O2/c1-28-18-12-8-15(9-13-18)20-14-21(19-4-2-3-5-22(19)27)26-23(25-20)16-6-10-17(24)11-7-16/h2-13,21,23,26-27H,14H2,1H3/t21-,23-/m1/s1. The van der Waals surface area contributed by atoms with Gasteiger partial charge in [0.2, 0.25) is 0 Å². The first-order valence-electron chi connectivity index (χ1n) is 9.14. The van der Waals surface area contributed by atoms with Crippen LogP contribution in [0.15, 0.2) is 82.3 Å². The second-order valence-corrected chi connectivity index (χ2v) is 7.66. The molecule has 1 heterocycles. The van der Waals surface area contributed by atoms with E-state index in [0.29, 0.717) is 12.2 Å². The third-order valence-corrected chi connectivity index (χ3v) is 5.49. The van der Waals surface area contributed by atoms with Gasteiger partial charge in [-0.05, 0) is 53.6 Å². The fourth-order valence-electron chi connectivity index (χ4n) is 3.46. The van der Waals surface area contributed by atoms with E-state index >= 15 is 0 Å². The third-order valence-electron chi connectivity index (χ3n) is 4.96. The first-order chi connectivity index (χ1) is 13.6. The first kappa shape index (κ1) is 18.7. The van der Waals surface area contributed by atoms with Crippen molar-refractivity contribution in [2.24, 2.45) is 4.99 Å². The Morgan fingerprint density at radius 3 is 2.39 bits per heavy atom. The molecule has 2 N–H and O–H groups in total. The highest BCUT2D eigenvalue weighted by Gasteiger charge is 2.27. The molecule has 0 unspecified atom stereocenters. The van der Waals surface area contributed by atoms with Crippen LogP contribution in [0.25, 0.3) is 0 Å². The zero-order chi connectivity index (χ0) is 19.5. The van der Waals surface area contributed by atoms with E-state index in [1.807, 2.05) is 54.6 Å². The molecule has 3 aromatic carbocycles. The number of nitrogens with zero attached hydrogens (tertiary/aromatic N) is 1. The number of rotatable bonds is 4. The molecule has 0 radical (unpaired) electrons. The van der Waals surface area contributed by atoms with Gasteiger partial charge in [0, 0.05) is 28.2 Å². The minimum atomic E-state index is -0.191. The number of hydrogen-bond donors (Lipinski definition) is 2. The van der Waals surface area contributed by atoms with Crippen LogP contribution in [-0.4, -0.2) is 17.9 Å². The molecule has 0 aliphatic carbocycles. The van der Waals surface area contributed by atoms with Crippen LogP contribution in [-0.2, 0) is 0 Å². The van der Waals surface area contributed by atoms with E-state index in [1.165, 1.54) is 0 Å². The van der Waals surface area contributed by atoms with Gasteiger partial charge in [0.15, 0.2) is 0 Å². The van der Waals surface area contributed by atoms with Crippen LogP contribution in [0.1, 0.15) is 35.3 Å². The molecule has 1 aliphatic rings. The van der Waals surface area contributed by atoms with Crippen LogP contribution < -0.4 is 10.1 Å². The summed E-state index contributed by atoms with van der Waals surface area (Å²) in [7, 11) is 1.66. The number of aliphatic imine (C=N–C) groups is 1. The van der Waals surface area contributed by atoms with Gasteiger partial charge in [-0.1, -0.05) is 46.3 Å². The predicted octanol–water partition coefficient (Wildman–Crippen LogP) is 5.39. The molecule has 0 saturated carbocycles. The zero-order valence-corrected chi connectivity index (χ0v) is 17.1. The monoisotopic (exact) mass is 436 g/mol. The second-order valence-electron chi connectivity index (χ2n) is 6.74. The summed E-state index contributed by atoms with van der Waals surface area (Å²) < 4.78 is 6.31. The van der Waals surface area contributed by atoms with Crippen molar-refractivity contribution in [1.82, 2.24) is 5.32 Å². The van der Waals surface area contributed by atoms with Crippen LogP contribution in [0.3, 0.4) is 0 Å². The molecule has 4 rings (SSSR count). The van der Waals surface area contributed by atoms with Crippen LogP contribution in [0.4, 0.5) is 0 Å². The molecule has 0 bridgehead atoms. The molecular weight excluding hydrogens is 416 g/mol. The Labute approximate surface area is 173 Å². The maximum absolute atomic E-state index is 10.4. The highest BCUT2D eigenvalue weighted by molar-refractivity contribution is 9.10. The quantitative estimate of drug-likeness (QED) is 0.576. The van der Waals surface area contributed by atoms with Crippen molar-refractivity contribution in [3.05, 3.63) is 94.0 Å². The number of phenols is 1. The Kier molecular flexibility index (Phi) is 5.46. The molecule has 2 atom stereocenters. The summed E-state index contributed by atoms with van der Waals surface area (Å²) in [5.41, 5.74) is 4.02. The van der Waals surface area contributed by atoms with Crippen molar-refractivity contribution < 1.29 is 9.84 Å². The van der Waals surface area contributed by atoms with Crippen LogP contribution in [0, 0.1) is 0 Å². The lowest BCUT2D eigenvalue weighted by atomic mass is 9.93. The SMILES string of the molecule is COc1ccc(C2=N[C@@H](c3ccc(Br)cc3)N[C@@H](c3ccccc3O)C2)cc1. The molecule has 0 amide bonds. The number of aromatic hydroxyl groups is 1. The van der Waals surface area contributed by atoms with Gasteiger partial charge in [-0.15, -0.1) is 0 Å². The van der Waals surface area contributed by atoms with E-state index in [-0.39, 0.29) is 12.2 Å². The van der Waals surface area contributed by atoms with Gasteiger partial charge < -0.3 is 9.84 Å². The number of phenolic OH excluding ortho intramolecular Hbond substituents is 1. The van der Waals surface area contributed by atoms with Gasteiger partial charge in [-0.25, -0.2) is 0 Å². The van der Waals surface area contributed by atoms with Gasteiger partial charge >= 0.3 is 0 Å². The molecule has 0 saturated heterocycles. The van der Waals surface area contributed by atoms with Crippen molar-refractivity contribution in [2.75, 3.05) is 7.11 Å². The molecule has 28 heavy (non-hydrogen) atoms. The molecule has 3 aromatic rings. The summed E-state index contributed by atoms with van der Waals surface area (Å²) in [5.74, 6) is 1.12. The van der Waals surface area contributed by atoms with Crippen molar-refractivity contribution in [3.8, 4) is 11.5 Å². The van der Waals surface area contributed by atoms with Gasteiger partial charge in [-0.3, -0.25) is 10.3 Å². The van der Waals surface area contributed by atoms with E-state index in [4.69, 9.17) is 9.73 Å². The van der Waals surface area contributed by atoms with Crippen molar-refractivity contribution in [3.63, 3.8) is 0 Å². The molecule has 0 fully saturated rings. The minimum Gasteiger partial charge on any atom is -0.508 e. The number of halogens is 1. The molecule has 1 aliphatic heterocycles. The van der Waals surface area contributed by atoms with Crippen LogP contribution >= 0.6 is 15.9 Å². The number of methoxy groups -OCH3 is 1. The predicted molar refractivity (Wildman–Crippen MR) is 115 cm³/mol. The van der Waals surface area contributed by atoms with Crippen molar-refractivity contribution in [1.29, 1.82) is 0 Å². The summed E-state index contributed by atoms with van der Waals surface area (Å²) in [6.45, 7) is 0. The first-order valence-corrected chi connectivity index (χ1v) is 9.94. The fourth-order valence-corrected chi connectivity index (χ4v) is 3.73. The average Bonchev–Trinajstić information content (AvgIpc) is 2.74. The average molecular weight is 437 g/mol. The Balaban J connectivity index is 1.73. The van der Waals surface area contributed by atoms with Gasteiger partial charge in [-0.2, -0.15) is 0 Å². The molecule has 0 spiro atoms. The molecule has 5 heteroatoms. The largest absolute Gasteiger partial charge is 0.508 e. The number of para-hydroxylation sites is 1. The maximum Gasteiger partial charge on any atom is 0.126 e. The normalized spacial score (nSPS) is 19.1. The number of ether oxygens (including phenoxy) is 1. The molecule has 142 valence electrons. The summed E-state index contributed by atoms with van der Waals surface area (Å²) in [5, 5.41) is 14.0. The van der Waals surface area contributed by atoms with Gasteiger partial charge in [0.25, 0.3) is 0 Å². The maximum atomic E-state index is 10.4. The molecule has 0 aromatic heterocycles. The molecular formula is C23H21BrN2O2. The highest BCUT2D eigenvalue weighted by Crippen LogP contribution is 2.34. The Morgan fingerprint density at radius 1 is 1.00 bits per heavy atom. The minimum absolute atomic E-state index is 0.0375. The third kappa shape index (κ3) is 3.96. The van der Waals surface area contributed by atoms with Gasteiger partial charge in [0.05, 0.1) is 7.11 Å². The van der Waals surface area contributed by atoms with E-state index in [9.17, 15) is 5.11 Å². The fraction of sp³-hybridized carbons (Fsp3) is 0.174. The highest BCUT2D eigenvalue weighted by atomic mass is 79.9. The number of benzene rings is 3. The van der Waals surface area contributed by atoms with Crippen LogP contribution in [0.2, 0.25) is 0 Å². The van der Waals surface area contributed by atoms with Gasteiger partial charge in [0.1, 0.15) is 17.7 Å². The number of nitrogens with one attached hydrogen (secondary N) is 1. The lowest BCUT2D eigenvalue weighted by Gasteiger charge is -2.31. The lowest BCUT2D eigenvalue weighted by Crippen LogP contribution is -2.33. The second kappa shape index (κ2) is 8.17. The number of hydrogen-bond acceptors (Lipinski definition) is 4. The van der Waals surface area contributed by atoms with E-state index in [2.05, 4.69) is 33.4 Å². The summed E-state index contributed by atoms with van der Waals surface area (Å²) in [4.78, 5) is 4.98. The Bertz CT molecular complexity index is 984. The zero-order valence-electron chi connectivity index (χ0n) is 15.5.